The van der Waals surface area contributed by atoms with Crippen molar-refractivity contribution < 1.29 is 9.59 Å². The van der Waals surface area contributed by atoms with Gasteiger partial charge in [-0.25, -0.2) is 4.99 Å². The van der Waals surface area contributed by atoms with E-state index < -0.39 is 5.54 Å². The van der Waals surface area contributed by atoms with E-state index in [2.05, 4.69) is 4.98 Å². The summed E-state index contributed by atoms with van der Waals surface area (Å²) in [6.07, 6.45) is 14.2. The number of likely N-dealkylation sites (N-methyl/N-ethyl adjacent to an activating group) is 1. The molecule has 2 aliphatic heterocycles. The minimum atomic E-state index is -0.763. The second-order valence-corrected chi connectivity index (χ2v) is 9.61. The molecule has 1 unspecified atom stereocenters. The smallest absolute Gasteiger partial charge is 0.257 e. The van der Waals surface area contributed by atoms with E-state index in [4.69, 9.17) is 10.7 Å². The molecular weight excluding hydrogens is 390 g/mol. The van der Waals surface area contributed by atoms with Gasteiger partial charge in [-0.3, -0.25) is 19.5 Å². The Morgan fingerprint density at radius 1 is 1.19 bits per heavy atom. The van der Waals surface area contributed by atoms with Crippen molar-refractivity contribution in [2.45, 2.75) is 69.7 Å². The van der Waals surface area contributed by atoms with E-state index in [0.29, 0.717) is 30.4 Å². The SMILES string of the molecule is CN1C(=O)[C@](CCC2CCCCC2)(CC2CCCN(C(=O)c3cccnc3)C2)N=C1N. The number of likely N-dealkylation sites (tertiary alicyclic amines) is 1. The van der Waals surface area contributed by atoms with Crippen LogP contribution >= 0.6 is 0 Å². The molecule has 1 saturated heterocycles. The van der Waals surface area contributed by atoms with Gasteiger partial charge in [-0.2, -0.15) is 0 Å². The van der Waals surface area contributed by atoms with E-state index in [1.807, 2.05) is 11.0 Å². The molecule has 1 aliphatic carbocycles. The molecule has 0 bridgehead atoms. The quantitative estimate of drug-likeness (QED) is 0.757. The number of nitrogens with zero attached hydrogens (tertiary/aromatic N) is 4. The lowest BCUT2D eigenvalue weighted by molar-refractivity contribution is -0.131. The molecule has 2 amide bonds. The van der Waals surface area contributed by atoms with E-state index in [0.717, 1.165) is 32.2 Å². The van der Waals surface area contributed by atoms with E-state index in [9.17, 15) is 9.59 Å². The summed E-state index contributed by atoms with van der Waals surface area (Å²) in [6, 6.07) is 3.60. The number of amides is 2. The van der Waals surface area contributed by atoms with Crippen LogP contribution in [-0.2, 0) is 4.79 Å². The number of hydrogen-bond acceptors (Lipinski definition) is 5. The number of hydrogen-bond donors (Lipinski definition) is 1. The third-order valence-corrected chi connectivity index (χ3v) is 7.41. The fourth-order valence-corrected chi connectivity index (χ4v) is 5.64. The second-order valence-electron chi connectivity index (χ2n) is 9.61. The predicted molar refractivity (Wildman–Crippen MR) is 120 cm³/mol. The van der Waals surface area contributed by atoms with Crippen LogP contribution in [0.5, 0.6) is 0 Å². The first kappa shape index (κ1) is 21.8. The highest BCUT2D eigenvalue weighted by atomic mass is 16.2. The second kappa shape index (κ2) is 9.37. The van der Waals surface area contributed by atoms with Crippen LogP contribution < -0.4 is 5.73 Å². The Morgan fingerprint density at radius 3 is 2.65 bits per heavy atom. The van der Waals surface area contributed by atoms with Crippen molar-refractivity contribution in [3.8, 4) is 0 Å². The Bertz CT molecular complexity index is 821. The number of pyridine rings is 1. The maximum atomic E-state index is 13.3. The highest BCUT2D eigenvalue weighted by molar-refractivity contribution is 6.06. The van der Waals surface area contributed by atoms with Crippen molar-refractivity contribution >= 4 is 17.8 Å². The largest absolute Gasteiger partial charge is 0.369 e. The Morgan fingerprint density at radius 2 is 1.97 bits per heavy atom. The van der Waals surface area contributed by atoms with Crippen molar-refractivity contribution in [3.05, 3.63) is 30.1 Å². The van der Waals surface area contributed by atoms with Gasteiger partial charge in [0.2, 0.25) is 0 Å². The predicted octanol–water partition coefficient (Wildman–Crippen LogP) is 3.21. The van der Waals surface area contributed by atoms with Gasteiger partial charge in [0.1, 0.15) is 5.54 Å². The third-order valence-electron chi connectivity index (χ3n) is 7.41. The van der Waals surface area contributed by atoms with Gasteiger partial charge in [-0.05, 0) is 56.1 Å². The summed E-state index contributed by atoms with van der Waals surface area (Å²) >= 11 is 0. The molecule has 7 heteroatoms. The molecule has 31 heavy (non-hydrogen) atoms. The molecule has 4 rings (SSSR count). The maximum Gasteiger partial charge on any atom is 0.257 e. The highest BCUT2D eigenvalue weighted by Gasteiger charge is 2.48. The molecule has 1 saturated carbocycles. The van der Waals surface area contributed by atoms with Gasteiger partial charge in [0.25, 0.3) is 11.8 Å². The zero-order valence-corrected chi connectivity index (χ0v) is 18.6. The fourth-order valence-electron chi connectivity index (χ4n) is 5.64. The van der Waals surface area contributed by atoms with E-state index in [1.54, 1.807) is 25.5 Å². The molecule has 1 aromatic rings. The number of nitrogens with two attached hydrogens (primary N) is 1. The molecule has 2 N–H and O–H groups in total. The Hall–Kier alpha value is -2.44. The Kier molecular flexibility index (Phi) is 6.58. The van der Waals surface area contributed by atoms with Gasteiger partial charge in [0.15, 0.2) is 5.96 Å². The first-order valence-corrected chi connectivity index (χ1v) is 11.8. The zero-order valence-electron chi connectivity index (χ0n) is 18.6. The number of carbonyl (C=O) groups is 2. The lowest BCUT2D eigenvalue weighted by Gasteiger charge is -2.37. The number of aliphatic imine (C=N–C) groups is 1. The summed E-state index contributed by atoms with van der Waals surface area (Å²) in [7, 11) is 1.72. The first-order chi connectivity index (χ1) is 15.0. The average molecular weight is 426 g/mol. The molecule has 7 nitrogen and oxygen atoms in total. The summed E-state index contributed by atoms with van der Waals surface area (Å²) in [5.41, 5.74) is 5.95. The van der Waals surface area contributed by atoms with Gasteiger partial charge < -0.3 is 10.6 Å². The van der Waals surface area contributed by atoms with Crippen LogP contribution in [0.2, 0.25) is 0 Å². The van der Waals surface area contributed by atoms with Crippen molar-refractivity contribution in [2.75, 3.05) is 20.1 Å². The minimum absolute atomic E-state index is 0.0203. The van der Waals surface area contributed by atoms with E-state index in [-0.39, 0.29) is 17.7 Å². The number of aromatic nitrogens is 1. The molecule has 168 valence electrons. The lowest BCUT2D eigenvalue weighted by Crippen LogP contribution is -2.47. The number of rotatable bonds is 6. The molecule has 2 atom stereocenters. The summed E-state index contributed by atoms with van der Waals surface area (Å²) in [5, 5.41) is 0. The van der Waals surface area contributed by atoms with Gasteiger partial charge in [-0.1, -0.05) is 32.1 Å². The Labute approximate surface area is 185 Å². The van der Waals surface area contributed by atoms with Crippen LogP contribution in [0, 0.1) is 11.8 Å². The highest BCUT2D eigenvalue weighted by Crippen LogP contribution is 2.39. The van der Waals surface area contributed by atoms with Gasteiger partial charge in [-0.15, -0.1) is 0 Å². The van der Waals surface area contributed by atoms with Crippen LogP contribution in [-0.4, -0.2) is 58.2 Å². The van der Waals surface area contributed by atoms with Crippen LogP contribution in [0.1, 0.15) is 74.6 Å². The fraction of sp³-hybridized carbons (Fsp3) is 0.667. The number of piperidine rings is 1. The molecule has 3 aliphatic rings. The molecule has 3 heterocycles. The molecule has 0 spiro atoms. The van der Waals surface area contributed by atoms with Crippen molar-refractivity contribution in [3.63, 3.8) is 0 Å². The van der Waals surface area contributed by atoms with Crippen LogP contribution in [0.25, 0.3) is 0 Å². The third kappa shape index (κ3) is 4.75. The summed E-state index contributed by atoms with van der Waals surface area (Å²) in [4.78, 5) is 38.4. The van der Waals surface area contributed by atoms with Crippen molar-refractivity contribution in [1.29, 1.82) is 0 Å². The lowest BCUT2D eigenvalue weighted by atomic mass is 9.77. The number of guanidine groups is 1. The maximum absolute atomic E-state index is 13.3. The topological polar surface area (TPSA) is 91.9 Å². The van der Waals surface area contributed by atoms with Crippen LogP contribution in [0.15, 0.2) is 29.5 Å². The van der Waals surface area contributed by atoms with Gasteiger partial charge in [0.05, 0.1) is 5.56 Å². The molecule has 1 aromatic heterocycles. The monoisotopic (exact) mass is 425 g/mol. The number of carbonyl (C=O) groups excluding carboxylic acids is 2. The van der Waals surface area contributed by atoms with Crippen LogP contribution in [0.3, 0.4) is 0 Å². The van der Waals surface area contributed by atoms with Crippen molar-refractivity contribution in [1.82, 2.24) is 14.8 Å². The summed E-state index contributed by atoms with van der Waals surface area (Å²) < 4.78 is 0. The Balaban J connectivity index is 1.46. The van der Waals surface area contributed by atoms with Crippen molar-refractivity contribution in [2.24, 2.45) is 22.6 Å². The zero-order chi connectivity index (χ0) is 21.8. The van der Waals surface area contributed by atoms with Crippen LogP contribution in [0.4, 0.5) is 0 Å². The summed E-state index contributed by atoms with van der Waals surface area (Å²) in [5.74, 6) is 1.31. The normalized spacial score (nSPS) is 27.5. The van der Waals surface area contributed by atoms with Gasteiger partial charge in [0, 0.05) is 32.5 Å². The van der Waals surface area contributed by atoms with Gasteiger partial charge >= 0.3 is 0 Å². The molecular formula is C24H35N5O2. The summed E-state index contributed by atoms with van der Waals surface area (Å²) in [6.45, 7) is 1.41. The van der Waals surface area contributed by atoms with E-state index in [1.165, 1.54) is 37.0 Å². The first-order valence-electron chi connectivity index (χ1n) is 11.8. The van der Waals surface area contributed by atoms with E-state index >= 15 is 0 Å². The standard InChI is InChI=1S/C24H35N5O2/c1-28-22(31)24(27-23(28)25,12-11-18-7-3-2-4-8-18)15-19-9-6-14-29(17-19)21(30)20-10-5-13-26-16-20/h5,10,13,16,18-19H,2-4,6-9,11-12,14-15,17H2,1H3,(H2,25,27)/t19?,24-/m0/s1. The molecule has 2 fully saturated rings. The average Bonchev–Trinajstić information content (AvgIpc) is 3.02. The molecule has 0 aromatic carbocycles. The minimum Gasteiger partial charge on any atom is -0.369 e. The molecule has 0 radical (unpaired) electrons.